The molecule has 0 saturated heterocycles. The van der Waals surface area contributed by atoms with Crippen LogP contribution in [0.5, 0.6) is 0 Å². The van der Waals surface area contributed by atoms with Crippen LogP contribution in [-0.2, 0) is 0 Å². The van der Waals surface area contributed by atoms with Crippen LogP contribution in [0.1, 0.15) is 10.5 Å². The van der Waals surface area contributed by atoms with E-state index in [2.05, 4.69) is 15.6 Å². The average Bonchev–Trinajstić information content (AvgIpc) is 2.59. The molecule has 2 N–H and O–H groups in total. The second kappa shape index (κ2) is 7.04. The molecule has 126 valence electrons. The summed E-state index contributed by atoms with van der Waals surface area (Å²) in [7, 11) is 0. The minimum Gasteiger partial charge on any atom is -0.354 e. The minimum absolute atomic E-state index is 0.0209. The minimum atomic E-state index is -0.877. The van der Waals surface area contributed by atoms with Gasteiger partial charge in [-0.15, -0.1) is 0 Å². The lowest BCUT2D eigenvalue weighted by Gasteiger charge is -2.09. The molecule has 0 aliphatic carbocycles. The van der Waals surface area contributed by atoms with Crippen molar-refractivity contribution in [2.24, 2.45) is 0 Å². The van der Waals surface area contributed by atoms with E-state index in [0.29, 0.717) is 11.4 Å². The summed E-state index contributed by atoms with van der Waals surface area (Å²) in [5.74, 6) is -2.89. The first-order chi connectivity index (χ1) is 12.0. The van der Waals surface area contributed by atoms with E-state index >= 15 is 0 Å². The highest BCUT2D eigenvalue weighted by molar-refractivity contribution is 6.03. The van der Waals surface area contributed by atoms with Crippen molar-refractivity contribution in [3.8, 4) is 0 Å². The number of carbonyl (C=O) groups excluding carboxylic acids is 1. The number of amides is 1. The Kier molecular flexibility index (Phi) is 4.65. The molecular weight excluding hydrogens is 331 g/mol. The Hall–Kier alpha value is -3.35. The van der Waals surface area contributed by atoms with Crippen molar-refractivity contribution in [1.29, 1.82) is 0 Å². The van der Waals surface area contributed by atoms with E-state index in [-0.39, 0.29) is 11.5 Å². The van der Waals surface area contributed by atoms with Gasteiger partial charge in [0.15, 0.2) is 0 Å². The quantitative estimate of drug-likeness (QED) is 0.734. The van der Waals surface area contributed by atoms with Crippen LogP contribution in [0.25, 0.3) is 0 Å². The van der Waals surface area contributed by atoms with Crippen LogP contribution in [-0.4, -0.2) is 10.9 Å². The van der Waals surface area contributed by atoms with Crippen LogP contribution in [0, 0.1) is 17.5 Å². The van der Waals surface area contributed by atoms with Gasteiger partial charge in [-0.1, -0.05) is 12.1 Å². The van der Waals surface area contributed by atoms with E-state index < -0.39 is 23.2 Å². The van der Waals surface area contributed by atoms with Gasteiger partial charge in [-0.3, -0.25) is 4.79 Å². The largest absolute Gasteiger partial charge is 0.354 e. The summed E-state index contributed by atoms with van der Waals surface area (Å²) in [6.45, 7) is 0. The molecule has 0 aliphatic heterocycles. The molecule has 1 aromatic heterocycles. The van der Waals surface area contributed by atoms with Crippen molar-refractivity contribution in [2.75, 3.05) is 10.6 Å². The van der Waals surface area contributed by atoms with Gasteiger partial charge in [0.1, 0.15) is 28.8 Å². The van der Waals surface area contributed by atoms with E-state index in [1.165, 1.54) is 30.5 Å². The van der Waals surface area contributed by atoms with Gasteiger partial charge in [-0.2, -0.15) is 0 Å². The van der Waals surface area contributed by atoms with Gasteiger partial charge in [-0.25, -0.2) is 18.2 Å². The van der Waals surface area contributed by atoms with Gasteiger partial charge in [0.25, 0.3) is 5.91 Å². The number of nitrogens with zero attached hydrogens (tertiary/aromatic N) is 1. The van der Waals surface area contributed by atoms with Gasteiger partial charge in [0.2, 0.25) is 0 Å². The summed E-state index contributed by atoms with van der Waals surface area (Å²) in [5.41, 5.74) is 0.496. The molecule has 0 saturated carbocycles. The Bertz CT molecular complexity index is 893. The molecular formula is C18H12F3N3O. The second-order valence-electron chi connectivity index (χ2n) is 5.12. The number of aromatic nitrogens is 1. The third-order valence-corrected chi connectivity index (χ3v) is 3.31. The van der Waals surface area contributed by atoms with Crippen molar-refractivity contribution in [1.82, 2.24) is 4.98 Å². The Morgan fingerprint density at radius 1 is 0.880 bits per heavy atom. The van der Waals surface area contributed by atoms with Crippen LogP contribution >= 0.6 is 0 Å². The first-order valence-corrected chi connectivity index (χ1v) is 7.27. The van der Waals surface area contributed by atoms with Crippen molar-refractivity contribution in [2.45, 2.75) is 0 Å². The van der Waals surface area contributed by atoms with Gasteiger partial charge >= 0.3 is 0 Å². The van der Waals surface area contributed by atoms with Crippen molar-refractivity contribution in [3.05, 3.63) is 83.9 Å². The van der Waals surface area contributed by atoms with Crippen LogP contribution in [0.4, 0.5) is 30.2 Å². The summed E-state index contributed by atoms with van der Waals surface area (Å²) in [6.07, 6.45) is 1.36. The van der Waals surface area contributed by atoms with Crippen LogP contribution in [0.15, 0.2) is 60.8 Å². The third-order valence-electron chi connectivity index (χ3n) is 3.31. The maximum Gasteiger partial charge on any atom is 0.274 e. The zero-order valence-electron chi connectivity index (χ0n) is 12.8. The Labute approximate surface area is 141 Å². The summed E-state index contributed by atoms with van der Waals surface area (Å²) < 4.78 is 40.2. The van der Waals surface area contributed by atoms with Gasteiger partial charge in [-0.05, 0) is 42.5 Å². The van der Waals surface area contributed by atoms with Crippen LogP contribution in [0.2, 0.25) is 0 Å². The zero-order chi connectivity index (χ0) is 17.8. The highest BCUT2D eigenvalue weighted by atomic mass is 19.1. The molecule has 7 heteroatoms. The predicted octanol–water partition coefficient (Wildman–Crippen LogP) is 4.49. The first-order valence-electron chi connectivity index (χ1n) is 7.27. The molecule has 2 aromatic carbocycles. The maximum atomic E-state index is 13.5. The van der Waals surface area contributed by atoms with E-state index in [4.69, 9.17) is 0 Å². The number of rotatable bonds is 4. The molecule has 3 rings (SSSR count). The molecule has 1 amide bonds. The molecule has 0 atom stereocenters. The van der Waals surface area contributed by atoms with Gasteiger partial charge in [0, 0.05) is 5.69 Å². The lowest BCUT2D eigenvalue weighted by atomic mass is 10.2. The number of hydrogen-bond donors (Lipinski definition) is 2. The standard InChI is InChI=1S/C18H12F3N3O/c19-11-3-1-4-12(9-11)23-13-7-8-16(22-10-13)18(25)24-17-14(20)5-2-6-15(17)21/h1-10,23H,(H,24,25). The van der Waals surface area contributed by atoms with Gasteiger partial charge in [0.05, 0.1) is 11.9 Å². The Morgan fingerprint density at radius 3 is 2.24 bits per heavy atom. The number of hydrogen-bond acceptors (Lipinski definition) is 3. The van der Waals surface area contributed by atoms with E-state index in [0.717, 1.165) is 12.1 Å². The number of pyridine rings is 1. The highest BCUT2D eigenvalue weighted by Gasteiger charge is 2.14. The molecule has 1 heterocycles. The number of halogens is 3. The predicted molar refractivity (Wildman–Crippen MR) is 88.2 cm³/mol. The molecule has 4 nitrogen and oxygen atoms in total. The fraction of sp³-hybridized carbons (Fsp3) is 0. The van der Waals surface area contributed by atoms with Crippen molar-refractivity contribution in [3.63, 3.8) is 0 Å². The summed E-state index contributed by atoms with van der Waals surface area (Å²) in [4.78, 5) is 16.0. The Balaban J connectivity index is 1.72. The summed E-state index contributed by atoms with van der Waals surface area (Å²) in [6, 6.07) is 12.1. The number of para-hydroxylation sites is 1. The maximum absolute atomic E-state index is 13.5. The molecule has 0 bridgehead atoms. The van der Waals surface area contributed by atoms with Crippen LogP contribution in [0.3, 0.4) is 0 Å². The molecule has 0 aliphatic rings. The van der Waals surface area contributed by atoms with Crippen molar-refractivity contribution >= 4 is 23.0 Å². The normalized spacial score (nSPS) is 10.4. The monoisotopic (exact) mass is 343 g/mol. The third kappa shape index (κ3) is 3.95. The zero-order valence-corrected chi connectivity index (χ0v) is 12.8. The molecule has 0 spiro atoms. The number of anilines is 3. The van der Waals surface area contributed by atoms with E-state index in [1.807, 2.05) is 0 Å². The lowest BCUT2D eigenvalue weighted by molar-refractivity contribution is 0.102. The fourth-order valence-electron chi connectivity index (χ4n) is 2.13. The second-order valence-corrected chi connectivity index (χ2v) is 5.12. The topological polar surface area (TPSA) is 54.0 Å². The van der Waals surface area contributed by atoms with Crippen LogP contribution < -0.4 is 10.6 Å². The SMILES string of the molecule is O=C(Nc1c(F)cccc1F)c1ccc(Nc2cccc(F)c2)cn1. The number of benzene rings is 2. The average molecular weight is 343 g/mol. The fourth-order valence-corrected chi connectivity index (χ4v) is 2.13. The smallest absolute Gasteiger partial charge is 0.274 e. The molecule has 3 aromatic rings. The number of nitrogens with one attached hydrogen (secondary N) is 2. The Morgan fingerprint density at radius 2 is 1.60 bits per heavy atom. The molecule has 0 fully saturated rings. The van der Waals surface area contributed by atoms with E-state index in [1.54, 1.807) is 18.2 Å². The number of carbonyl (C=O) groups is 1. The molecule has 0 unspecified atom stereocenters. The summed E-state index contributed by atoms with van der Waals surface area (Å²) in [5, 5.41) is 5.07. The van der Waals surface area contributed by atoms with Gasteiger partial charge < -0.3 is 10.6 Å². The first kappa shape index (κ1) is 16.5. The molecule has 0 radical (unpaired) electrons. The van der Waals surface area contributed by atoms with E-state index in [9.17, 15) is 18.0 Å². The molecule has 25 heavy (non-hydrogen) atoms. The van der Waals surface area contributed by atoms with Crippen molar-refractivity contribution < 1.29 is 18.0 Å². The highest BCUT2D eigenvalue weighted by Crippen LogP contribution is 2.20. The lowest BCUT2D eigenvalue weighted by Crippen LogP contribution is -2.15. The summed E-state index contributed by atoms with van der Waals surface area (Å²) >= 11 is 0.